The lowest BCUT2D eigenvalue weighted by atomic mass is 10.1. The van der Waals surface area contributed by atoms with Gasteiger partial charge in [0.05, 0.1) is 18.4 Å². The van der Waals surface area contributed by atoms with Crippen LogP contribution >= 0.6 is 0 Å². The molecule has 0 aliphatic rings. The molecule has 4 rings (SSSR count). The molecular weight excluding hydrogens is 406 g/mol. The molecule has 0 saturated carbocycles. The average molecular weight is 431 g/mol. The zero-order chi connectivity index (χ0) is 22.2. The molecule has 0 amide bonds. The summed E-state index contributed by atoms with van der Waals surface area (Å²) in [6.07, 6.45) is -0.568. The first-order chi connectivity index (χ1) is 15.7. The molecule has 164 valence electrons. The maximum absolute atomic E-state index is 10.3. The van der Waals surface area contributed by atoms with Crippen LogP contribution in [0, 0.1) is 0 Å². The molecule has 32 heavy (non-hydrogen) atoms. The summed E-state index contributed by atoms with van der Waals surface area (Å²) in [5, 5.41) is 25.3. The first-order valence-electron chi connectivity index (χ1n) is 10.5. The predicted octanol–water partition coefficient (Wildman–Crippen LogP) is 3.68. The third kappa shape index (κ3) is 5.29. The monoisotopic (exact) mass is 431 g/mol. The Morgan fingerprint density at radius 3 is 2.47 bits per heavy atom. The van der Waals surface area contributed by atoms with Gasteiger partial charge in [-0.3, -0.25) is 0 Å². The van der Waals surface area contributed by atoms with E-state index in [0.717, 1.165) is 16.8 Å². The first kappa shape index (κ1) is 21.5. The van der Waals surface area contributed by atoms with Gasteiger partial charge in [0.2, 0.25) is 0 Å². The number of ether oxygens (including phenoxy) is 2. The predicted molar refractivity (Wildman–Crippen MR) is 120 cm³/mol. The minimum absolute atomic E-state index is 0.244. The molecule has 0 fully saturated rings. The van der Waals surface area contributed by atoms with Crippen LogP contribution < -0.4 is 14.8 Å². The van der Waals surface area contributed by atoms with Crippen molar-refractivity contribution in [2.24, 2.45) is 0 Å². The topological polar surface area (TPSA) is 94.3 Å². The Morgan fingerprint density at radius 2 is 1.72 bits per heavy atom. The highest BCUT2D eigenvalue weighted by Gasteiger charge is 2.15. The normalized spacial score (nSPS) is 11.8. The van der Waals surface area contributed by atoms with Gasteiger partial charge >= 0.3 is 6.01 Å². The van der Waals surface area contributed by atoms with Crippen LogP contribution in [-0.4, -0.2) is 38.5 Å². The highest BCUT2D eigenvalue weighted by atomic mass is 16.5. The van der Waals surface area contributed by atoms with Crippen LogP contribution in [0.25, 0.3) is 5.69 Å². The maximum atomic E-state index is 10.3. The quantitative estimate of drug-likeness (QED) is 0.396. The number of para-hydroxylation sites is 1. The summed E-state index contributed by atoms with van der Waals surface area (Å²) in [6.45, 7) is 3.42. The van der Waals surface area contributed by atoms with Crippen LogP contribution in [-0.2, 0) is 6.54 Å². The van der Waals surface area contributed by atoms with E-state index < -0.39 is 6.10 Å². The smallest absolute Gasteiger partial charge is 0.346 e. The van der Waals surface area contributed by atoms with Crippen molar-refractivity contribution in [3.8, 4) is 23.2 Å². The van der Waals surface area contributed by atoms with Crippen molar-refractivity contribution in [2.45, 2.75) is 19.6 Å². The van der Waals surface area contributed by atoms with Gasteiger partial charge in [0.25, 0.3) is 0 Å². The summed E-state index contributed by atoms with van der Waals surface area (Å²) in [5.74, 6) is 1.12. The Morgan fingerprint density at radius 1 is 0.969 bits per heavy atom. The van der Waals surface area contributed by atoms with E-state index in [9.17, 15) is 5.11 Å². The summed E-state index contributed by atoms with van der Waals surface area (Å²) < 4.78 is 13.3. The number of aliphatic hydroxyl groups is 1. The number of nitrogens with one attached hydrogen (secondary N) is 1. The highest BCUT2D eigenvalue weighted by Crippen LogP contribution is 2.32. The molecule has 4 aromatic rings. The van der Waals surface area contributed by atoms with E-state index in [0.29, 0.717) is 31.2 Å². The van der Waals surface area contributed by atoms with Crippen molar-refractivity contribution in [3.63, 3.8) is 0 Å². The molecule has 2 N–H and O–H groups in total. The van der Waals surface area contributed by atoms with Gasteiger partial charge in [0, 0.05) is 13.1 Å². The fourth-order valence-electron chi connectivity index (χ4n) is 3.23. The molecule has 0 bridgehead atoms. The maximum Gasteiger partial charge on any atom is 0.346 e. The van der Waals surface area contributed by atoms with Gasteiger partial charge < -0.3 is 19.9 Å². The lowest BCUT2D eigenvalue weighted by Crippen LogP contribution is -2.21. The van der Waals surface area contributed by atoms with Crippen LogP contribution in [0.15, 0.2) is 78.9 Å². The van der Waals surface area contributed by atoms with Gasteiger partial charge in [-0.25, -0.2) is 0 Å². The molecule has 1 heterocycles. The SMILES string of the molecule is CCOc1cc(CNCC(O)c2ccccc2)ccc1Oc1nnnn1-c1ccccc1. The van der Waals surface area contributed by atoms with Gasteiger partial charge in [-0.15, -0.1) is 0 Å². The molecule has 0 aliphatic carbocycles. The Bertz CT molecular complexity index is 1120. The number of benzene rings is 3. The molecule has 3 aromatic carbocycles. The Kier molecular flexibility index (Phi) is 7.06. The summed E-state index contributed by atoms with van der Waals surface area (Å²) >= 11 is 0. The second-order valence-corrected chi connectivity index (χ2v) is 7.08. The molecule has 8 nitrogen and oxygen atoms in total. The van der Waals surface area contributed by atoms with E-state index in [1.807, 2.05) is 85.8 Å². The van der Waals surface area contributed by atoms with Gasteiger partial charge in [-0.1, -0.05) is 59.7 Å². The number of tetrazole rings is 1. The van der Waals surface area contributed by atoms with Crippen LogP contribution in [0.4, 0.5) is 0 Å². The van der Waals surface area contributed by atoms with Crippen LogP contribution in [0.3, 0.4) is 0 Å². The number of aliphatic hydroxyl groups excluding tert-OH is 1. The zero-order valence-electron chi connectivity index (χ0n) is 17.8. The average Bonchev–Trinajstić information content (AvgIpc) is 3.30. The summed E-state index contributed by atoms with van der Waals surface area (Å²) in [5.41, 5.74) is 2.68. The van der Waals surface area contributed by atoms with Gasteiger partial charge in [0.1, 0.15) is 0 Å². The highest BCUT2D eigenvalue weighted by molar-refractivity contribution is 5.45. The number of aromatic nitrogens is 4. The Balaban J connectivity index is 1.44. The second kappa shape index (κ2) is 10.5. The minimum atomic E-state index is -0.568. The van der Waals surface area contributed by atoms with Gasteiger partial charge in [-0.05, 0) is 52.7 Å². The molecule has 0 aliphatic heterocycles. The zero-order valence-corrected chi connectivity index (χ0v) is 17.8. The van der Waals surface area contributed by atoms with Crippen molar-refractivity contribution < 1.29 is 14.6 Å². The minimum Gasteiger partial charge on any atom is -0.490 e. The molecule has 0 saturated heterocycles. The van der Waals surface area contributed by atoms with E-state index in [4.69, 9.17) is 9.47 Å². The van der Waals surface area contributed by atoms with Crippen LogP contribution in [0.1, 0.15) is 24.2 Å². The number of hydrogen-bond donors (Lipinski definition) is 2. The van der Waals surface area contributed by atoms with Crippen LogP contribution in [0.5, 0.6) is 17.5 Å². The lowest BCUT2D eigenvalue weighted by Gasteiger charge is -2.14. The first-order valence-corrected chi connectivity index (χ1v) is 10.5. The van der Waals surface area contributed by atoms with E-state index in [-0.39, 0.29) is 6.01 Å². The molecule has 8 heteroatoms. The number of hydrogen-bond acceptors (Lipinski definition) is 7. The standard InChI is InChI=1S/C24H25N5O3/c1-2-31-23-15-18(16-25-17-21(30)19-9-5-3-6-10-19)13-14-22(23)32-24-26-27-28-29(24)20-11-7-4-8-12-20/h3-15,21,25,30H,2,16-17H2,1H3. The largest absolute Gasteiger partial charge is 0.490 e. The third-order valence-corrected chi connectivity index (χ3v) is 4.80. The van der Waals surface area contributed by atoms with Gasteiger partial charge in [0.15, 0.2) is 11.5 Å². The summed E-state index contributed by atoms with van der Waals surface area (Å²) in [6, 6.07) is 25.0. The number of rotatable bonds is 10. The van der Waals surface area contributed by atoms with Crippen molar-refractivity contribution in [1.82, 2.24) is 25.5 Å². The molecule has 1 atom stereocenters. The molecule has 1 aromatic heterocycles. The van der Waals surface area contributed by atoms with Crippen LogP contribution in [0.2, 0.25) is 0 Å². The van der Waals surface area contributed by atoms with E-state index in [1.165, 1.54) is 4.68 Å². The van der Waals surface area contributed by atoms with Gasteiger partial charge in [-0.2, -0.15) is 4.68 Å². The molecule has 0 radical (unpaired) electrons. The summed E-state index contributed by atoms with van der Waals surface area (Å²) in [7, 11) is 0. The van der Waals surface area contributed by atoms with E-state index >= 15 is 0 Å². The van der Waals surface area contributed by atoms with Crippen molar-refractivity contribution in [3.05, 3.63) is 90.0 Å². The van der Waals surface area contributed by atoms with Crippen molar-refractivity contribution >= 4 is 0 Å². The Hall–Kier alpha value is -3.75. The van der Waals surface area contributed by atoms with E-state index in [2.05, 4.69) is 20.8 Å². The van der Waals surface area contributed by atoms with Crippen molar-refractivity contribution in [1.29, 1.82) is 0 Å². The lowest BCUT2D eigenvalue weighted by molar-refractivity contribution is 0.174. The van der Waals surface area contributed by atoms with E-state index in [1.54, 1.807) is 0 Å². The fraction of sp³-hybridized carbons (Fsp3) is 0.208. The Labute approximate surface area is 186 Å². The van der Waals surface area contributed by atoms with Crippen molar-refractivity contribution in [2.75, 3.05) is 13.2 Å². The second-order valence-electron chi connectivity index (χ2n) is 7.08. The number of nitrogens with zero attached hydrogens (tertiary/aromatic N) is 4. The molecule has 1 unspecified atom stereocenters. The third-order valence-electron chi connectivity index (χ3n) is 4.80. The fourth-order valence-corrected chi connectivity index (χ4v) is 3.23. The summed E-state index contributed by atoms with van der Waals surface area (Å²) in [4.78, 5) is 0. The molecule has 0 spiro atoms. The molecular formula is C24H25N5O3.